The van der Waals surface area contributed by atoms with Crippen molar-refractivity contribution in [3.8, 4) is 11.1 Å². The molecule has 2 rings (SSSR count). The highest BCUT2D eigenvalue weighted by molar-refractivity contribution is 5.76. The maximum absolute atomic E-state index is 10.9. The maximum atomic E-state index is 10.9. The fraction of sp³-hybridized carbons (Fsp3) is 0.278. The normalized spacial score (nSPS) is 15.0. The largest absolute Gasteiger partial charge is 0.479 e. The zero-order valence-corrected chi connectivity index (χ0v) is 12.6. The maximum Gasteiger partial charge on any atom is 0.335 e. The summed E-state index contributed by atoms with van der Waals surface area (Å²) in [6.07, 6.45) is 0.543. The van der Waals surface area contributed by atoms with Gasteiger partial charge in [-0.15, -0.1) is 0 Å². The van der Waals surface area contributed by atoms with Gasteiger partial charge in [-0.1, -0.05) is 54.6 Å². The Bertz CT molecular complexity index is 621. The first kappa shape index (κ1) is 16.2. The van der Waals surface area contributed by atoms with Gasteiger partial charge >= 0.3 is 5.97 Å². The van der Waals surface area contributed by atoms with Crippen molar-refractivity contribution < 1.29 is 15.0 Å². The van der Waals surface area contributed by atoms with Crippen LogP contribution in [0, 0.1) is 0 Å². The minimum atomic E-state index is -1.79. The minimum Gasteiger partial charge on any atom is -0.479 e. The standard InChI is InChI=1S/C18H21NO3/c1-18(22,17(20)21)12-16(19)11-13-7-9-15(10-8-13)14-5-3-2-4-6-14/h2-10,16,22H,11-12,19H2,1H3,(H,20,21)/t16?,18-/m1/s1. The molecule has 0 heterocycles. The van der Waals surface area contributed by atoms with Gasteiger partial charge in [0.2, 0.25) is 0 Å². The number of hydrogen-bond acceptors (Lipinski definition) is 3. The predicted octanol–water partition coefficient (Wildman–Crippen LogP) is 2.45. The van der Waals surface area contributed by atoms with E-state index in [1.165, 1.54) is 6.92 Å². The Labute approximate surface area is 130 Å². The van der Waals surface area contributed by atoms with Gasteiger partial charge in [0.1, 0.15) is 0 Å². The molecule has 116 valence electrons. The molecule has 4 N–H and O–H groups in total. The lowest BCUT2D eigenvalue weighted by molar-refractivity contribution is -0.157. The van der Waals surface area contributed by atoms with Gasteiger partial charge in [-0.25, -0.2) is 4.79 Å². The summed E-state index contributed by atoms with van der Waals surface area (Å²) < 4.78 is 0. The number of carbonyl (C=O) groups is 1. The number of aliphatic carboxylic acids is 1. The first-order valence-electron chi connectivity index (χ1n) is 7.24. The van der Waals surface area contributed by atoms with Crippen molar-refractivity contribution in [2.45, 2.75) is 31.4 Å². The van der Waals surface area contributed by atoms with E-state index in [1.807, 2.05) is 54.6 Å². The van der Waals surface area contributed by atoms with E-state index in [2.05, 4.69) is 0 Å². The molecule has 0 fully saturated rings. The third-order valence-corrected chi connectivity index (χ3v) is 3.68. The van der Waals surface area contributed by atoms with Gasteiger partial charge in [-0.3, -0.25) is 0 Å². The Balaban J connectivity index is 2.01. The molecule has 4 nitrogen and oxygen atoms in total. The summed E-state index contributed by atoms with van der Waals surface area (Å²) in [5, 5.41) is 18.7. The molecule has 0 radical (unpaired) electrons. The number of benzene rings is 2. The zero-order chi connectivity index (χ0) is 16.2. The van der Waals surface area contributed by atoms with Gasteiger partial charge in [0.15, 0.2) is 5.60 Å². The van der Waals surface area contributed by atoms with Gasteiger partial charge < -0.3 is 15.9 Å². The van der Waals surface area contributed by atoms with Crippen molar-refractivity contribution in [3.05, 3.63) is 60.2 Å². The van der Waals surface area contributed by atoms with Crippen molar-refractivity contribution in [2.75, 3.05) is 0 Å². The van der Waals surface area contributed by atoms with Gasteiger partial charge in [-0.05, 0) is 30.0 Å². The van der Waals surface area contributed by atoms with Crippen LogP contribution in [0.15, 0.2) is 54.6 Å². The molecule has 0 aromatic heterocycles. The Morgan fingerprint density at radius 3 is 2.18 bits per heavy atom. The van der Waals surface area contributed by atoms with E-state index >= 15 is 0 Å². The number of carboxylic acids is 1. The number of hydrogen-bond donors (Lipinski definition) is 3. The third kappa shape index (κ3) is 4.16. The average molecular weight is 299 g/mol. The molecule has 0 saturated carbocycles. The van der Waals surface area contributed by atoms with Crippen molar-refractivity contribution in [2.24, 2.45) is 5.73 Å². The van der Waals surface area contributed by atoms with Gasteiger partial charge in [0.05, 0.1) is 0 Å². The van der Waals surface area contributed by atoms with Crippen LogP contribution in [-0.2, 0) is 11.2 Å². The van der Waals surface area contributed by atoms with E-state index in [9.17, 15) is 9.90 Å². The fourth-order valence-electron chi connectivity index (χ4n) is 2.44. The molecule has 0 bridgehead atoms. The molecule has 2 aromatic carbocycles. The molecule has 2 aromatic rings. The Kier molecular flexibility index (Phi) is 4.96. The SMILES string of the molecule is C[C@@](O)(CC(N)Cc1ccc(-c2ccccc2)cc1)C(=O)O. The number of aliphatic hydroxyl groups is 1. The first-order valence-corrected chi connectivity index (χ1v) is 7.24. The van der Waals surface area contributed by atoms with Crippen LogP contribution >= 0.6 is 0 Å². The van der Waals surface area contributed by atoms with Crippen LogP contribution in [0.25, 0.3) is 11.1 Å². The summed E-state index contributed by atoms with van der Waals surface area (Å²) in [5.41, 5.74) is 7.46. The summed E-state index contributed by atoms with van der Waals surface area (Å²) in [4.78, 5) is 10.9. The molecular weight excluding hydrogens is 278 g/mol. The number of rotatable bonds is 6. The molecular formula is C18H21NO3. The lowest BCUT2D eigenvalue weighted by atomic mass is 9.93. The number of carboxylic acid groups (broad SMARTS) is 1. The first-order chi connectivity index (χ1) is 10.4. The molecule has 0 amide bonds. The van der Waals surface area contributed by atoms with Crippen LogP contribution in [-0.4, -0.2) is 27.8 Å². The van der Waals surface area contributed by atoms with Crippen LogP contribution < -0.4 is 5.73 Å². The van der Waals surface area contributed by atoms with Crippen LogP contribution in [0.1, 0.15) is 18.9 Å². The van der Waals surface area contributed by atoms with E-state index in [-0.39, 0.29) is 6.42 Å². The second kappa shape index (κ2) is 6.73. The molecule has 4 heteroatoms. The van der Waals surface area contributed by atoms with Crippen LogP contribution in [0.5, 0.6) is 0 Å². The third-order valence-electron chi connectivity index (χ3n) is 3.68. The molecule has 22 heavy (non-hydrogen) atoms. The van der Waals surface area contributed by atoms with E-state index in [0.717, 1.165) is 16.7 Å². The predicted molar refractivity (Wildman–Crippen MR) is 86.4 cm³/mol. The second-order valence-corrected chi connectivity index (χ2v) is 5.81. The summed E-state index contributed by atoms with van der Waals surface area (Å²) in [5.74, 6) is -1.25. The lowest BCUT2D eigenvalue weighted by Crippen LogP contribution is -2.42. The Hall–Kier alpha value is -2.17. The molecule has 1 unspecified atom stereocenters. The number of nitrogens with two attached hydrogens (primary N) is 1. The topological polar surface area (TPSA) is 83.5 Å². The summed E-state index contributed by atoms with van der Waals surface area (Å²) >= 11 is 0. The van der Waals surface area contributed by atoms with E-state index in [4.69, 9.17) is 10.8 Å². The van der Waals surface area contributed by atoms with Crippen molar-refractivity contribution >= 4 is 5.97 Å². The smallest absolute Gasteiger partial charge is 0.335 e. The molecule has 0 aliphatic rings. The quantitative estimate of drug-likeness (QED) is 0.765. The van der Waals surface area contributed by atoms with Gasteiger partial charge in [-0.2, -0.15) is 0 Å². The molecule has 2 atom stereocenters. The second-order valence-electron chi connectivity index (χ2n) is 5.81. The highest BCUT2D eigenvalue weighted by Crippen LogP contribution is 2.20. The van der Waals surface area contributed by atoms with Gasteiger partial charge in [0.25, 0.3) is 0 Å². The molecule has 0 aliphatic carbocycles. The van der Waals surface area contributed by atoms with Crippen molar-refractivity contribution in [1.29, 1.82) is 0 Å². The highest BCUT2D eigenvalue weighted by atomic mass is 16.4. The van der Waals surface area contributed by atoms with Crippen LogP contribution in [0.2, 0.25) is 0 Å². The minimum absolute atomic E-state index is 0.0166. The molecule has 0 aliphatic heterocycles. The highest BCUT2D eigenvalue weighted by Gasteiger charge is 2.31. The van der Waals surface area contributed by atoms with Crippen LogP contribution in [0.3, 0.4) is 0 Å². The summed E-state index contributed by atoms with van der Waals surface area (Å²) in [6, 6.07) is 17.7. The van der Waals surface area contributed by atoms with Crippen LogP contribution in [0.4, 0.5) is 0 Å². The molecule has 0 saturated heterocycles. The van der Waals surface area contributed by atoms with E-state index in [1.54, 1.807) is 0 Å². The van der Waals surface area contributed by atoms with Crippen molar-refractivity contribution in [1.82, 2.24) is 0 Å². The Morgan fingerprint density at radius 1 is 1.09 bits per heavy atom. The fourth-order valence-corrected chi connectivity index (χ4v) is 2.44. The van der Waals surface area contributed by atoms with Crippen molar-refractivity contribution in [3.63, 3.8) is 0 Å². The average Bonchev–Trinajstić information content (AvgIpc) is 2.48. The molecule has 0 spiro atoms. The zero-order valence-electron chi connectivity index (χ0n) is 12.6. The van der Waals surface area contributed by atoms with E-state index < -0.39 is 17.6 Å². The monoisotopic (exact) mass is 299 g/mol. The summed E-state index contributed by atoms with van der Waals surface area (Å²) in [7, 11) is 0. The van der Waals surface area contributed by atoms with E-state index in [0.29, 0.717) is 6.42 Å². The summed E-state index contributed by atoms with van der Waals surface area (Å²) in [6.45, 7) is 1.27. The Morgan fingerprint density at radius 2 is 1.64 bits per heavy atom. The lowest BCUT2D eigenvalue weighted by Gasteiger charge is -2.22. The van der Waals surface area contributed by atoms with Gasteiger partial charge in [0, 0.05) is 12.5 Å².